The maximum Gasteiger partial charge on any atom is 0.314 e. The molecule has 0 spiro atoms. The Hall–Kier alpha value is -2.34. The Balaban J connectivity index is 2.05. The number of hydrogen-bond donors (Lipinski definition) is 3. The number of nitrogens with one attached hydrogen (secondary N) is 2. The summed E-state index contributed by atoms with van der Waals surface area (Å²) < 4.78 is 0.916. The first kappa shape index (κ1) is 16.0. The quantitative estimate of drug-likeness (QED) is 0.566. The summed E-state index contributed by atoms with van der Waals surface area (Å²) >= 11 is 3.36. The standard InChI is InChI=1S/C16H15BrN2O3/c1-9-3-6-13(14(20)7-9)19-16(22)15(21)18-11-4-5-12(17)10(2)8-11/h3-8,20H,1-2H3,(H,18,21)(H,19,22). The molecule has 6 heteroatoms. The molecule has 0 saturated heterocycles. The van der Waals surface area contributed by atoms with Gasteiger partial charge in [0, 0.05) is 10.2 Å². The van der Waals surface area contributed by atoms with E-state index in [2.05, 4.69) is 26.6 Å². The van der Waals surface area contributed by atoms with Crippen molar-refractivity contribution in [2.45, 2.75) is 13.8 Å². The second-order valence-electron chi connectivity index (χ2n) is 4.89. The van der Waals surface area contributed by atoms with Gasteiger partial charge in [0.1, 0.15) is 5.75 Å². The van der Waals surface area contributed by atoms with Crippen LogP contribution < -0.4 is 10.6 Å². The molecule has 0 aromatic heterocycles. The minimum absolute atomic E-state index is 0.0827. The topological polar surface area (TPSA) is 78.4 Å². The number of carbonyl (C=O) groups excluding carboxylic acids is 2. The van der Waals surface area contributed by atoms with Crippen LogP contribution in [0.3, 0.4) is 0 Å². The molecular formula is C16H15BrN2O3. The van der Waals surface area contributed by atoms with Crippen molar-refractivity contribution in [1.29, 1.82) is 0 Å². The lowest BCUT2D eigenvalue weighted by molar-refractivity contribution is -0.133. The van der Waals surface area contributed by atoms with Gasteiger partial charge in [-0.2, -0.15) is 0 Å². The smallest absolute Gasteiger partial charge is 0.314 e. The molecule has 0 aliphatic carbocycles. The fraction of sp³-hybridized carbons (Fsp3) is 0.125. The highest BCUT2D eigenvalue weighted by molar-refractivity contribution is 9.10. The van der Waals surface area contributed by atoms with Crippen LogP contribution in [0.2, 0.25) is 0 Å². The van der Waals surface area contributed by atoms with Crippen molar-refractivity contribution in [1.82, 2.24) is 0 Å². The zero-order valence-electron chi connectivity index (χ0n) is 12.1. The second kappa shape index (κ2) is 6.62. The van der Waals surface area contributed by atoms with Crippen LogP contribution in [0.5, 0.6) is 5.75 Å². The minimum atomic E-state index is -0.847. The zero-order valence-corrected chi connectivity index (χ0v) is 13.7. The van der Waals surface area contributed by atoms with Gasteiger partial charge in [-0.3, -0.25) is 9.59 Å². The Morgan fingerprint density at radius 3 is 2.32 bits per heavy atom. The number of rotatable bonds is 2. The van der Waals surface area contributed by atoms with E-state index in [-0.39, 0.29) is 11.4 Å². The Labute approximate surface area is 136 Å². The Bertz CT molecular complexity index is 744. The van der Waals surface area contributed by atoms with Gasteiger partial charge in [-0.1, -0.05) is 22.0 Å². The SMILES string of the molecule is Cc1ccc(NC(=O)C(=O)Nc2ccc(Br)c(C)c2)c(O)c1. The molecular weight excluding hydrogens is 348 g/mol. The number of amides is 2. The molecule has 0 heterocycles. The summed E-state index contributed by atoms with van der Waals surface area (Å²) in [4.78, 5) is 23.7. The van der Waals surface area contributed by atoms with E-state index in [0.29, 0.717) is 5.69 Å². The molecule has 0 atom stereocenters. The highest BCUT2D eigenvalue weighted by Crippen LogP contribution is 2.24. The van der Waals surface area contributed by atoms with Gasteiger partial charge in [-0.25, -0.2) is 0 Å². The third-order valence-electron chi connectivity index (χ3n) is 3.02. The van der Waals surface area contributed by atoms with Crippen LogP contribution in [0, 0.1) is 13.8 Å². The predicted molar refractivity (Wildman–Crippen MR) is 89.0 cm³/mol. The molecule has 0 saturated carbocycles. The average molecular weight is 363 g/mol. The fourth-order valence-corrected chi connectivity index (χ4v) is 2.08. The van der Waals surface area contributed by atoms with Gasteiger partial charge < -0.3 is 15.7 Å². The summed E-state index contributed by atoms with van der Waals surface area (Å²) in [5.74, 6) is -1.73. The van der Waals surface area contributed by atoms with Crippen LogP contribution in [-0.4, -0.2) is 16.9 Å². The van der Waals surface area contributed by atoms with Crippen LogP contribution in [0.1, 0.15) is 11.1 Å². The summed E-state index contributed by atoms with van der Waals surface area (Å²) in [7, 11) is 0. The van der Waals surface area contributed by atoms with Crippen molar-refractivity contribution in [2.24, 2.45) is 0 Å². The molecule has 0 aliphatic rings. The van der Waals surface area contributed by atoms with E-state index < -0.39 is 11.8 Å². The molecule has 2 aromatic rings. The number of phenolic OH excluding ortho intramolecular Hbond substituents is 1. The van der Waals surface area contributed by atoms with Gasteiger partial charge in [0.25, 0.3) is 0 Å². The number of phenols is 1. The monoisotopic (exact) mass is 362 g/mol. The molecule has 22 heavy (non-hydrogen) atoms. The van der Waals surface area contributed by atoms with Crippen molar-refractivity contribution >= 4 is 39.1 Å². The van der Waals surface area contributed by atoms with E-state index in [1.165, 1.54) is 6.07 Å². The van der Waals surface area contributed by atoms with Crippen molar-refractivity contribution in [3.8, 4) is 5.75 Å². The van der Waals surface area contributed by atoms with E-state index in [0.717, 1.165) is 15.6 Å². The number of aryl methyl sites for hydroxylation is 2. The first-order valence-electron chi connectivity index (χ1n) is 6.55. The molecule has 114 valence electrons. The average Bonchev–Trinajstić information content (AvgIpc) is 2.45. The normalized spacial score (nSPS) is 10.1. The molecule has 2 amide bonds. The predicted octanol–water partition coefficient (Wildman–Crippen LogP) is 3.35. The maximum atomic E-state index is 11.9. The second-order valence-corrected chi connectivity index (χ2v) is 5.75. The fourth-order valence-electron chi connectivity index (χ4n) is 1.84. The maximum absolute atomic E-state index is 11.9. The lowest BCUT2D eigenvalue weighted by atomic mass is 10.2. The molecule has 0 radical (unpaired) electrons. The Kier molecular flexibility index (Phi) is 4.82. The van der Waals surface area contributed by atoms with Gasteiger partial charge >= 0.3 is 11.8 Å². The number of aromatic hydroxyl groups is 1. The van der Waals surface area contributed by atoms with Gasteiger partial charge in [0.05, 0.1) is 5.69 Å². The van der Waals surface area contributed by atoms with Crippen LogP contribution in [0.25, 0.3) is 0 Å². The van der Waals surface area contributed by atoms with Crippen LogP contribution in [0.15, 0.2) is 40.9 Å². The minimum Gasteiger partial charge on any atom is -0.506 e. The third kappa shape index (κ3) is 3.85. The first-order valence-corrected chi connectivity index (χ1v) is 7.34. The summed E-state index contributed by atoms with van der Waals surface area (Å²) in [6.07, 6.45) is 0. The first-order chi connectivity index (χ1) is 10.4. The van der Waals surface area contributed by atoms with E-state index in [9.17, 15) is 14.7 Å². The number of hydrogen-bond acceptors (Lipinski definition) is 3. The molecule has 0 aliphatic heterocycles. The van der Waals surface area contributed by atoms with Crippen LogP contribution in [0.4, 0.5) is 11.4 Å². The van der Waals surface area contributed by atoms with Crippen LogP contribution in [-0.2, 0) is 9.59 Å². The third-order valence-corrected chi connectivity index (χ3v) is 3.91. The van der Waals surface area contributed by atoms with Crippen molar-refractivity contribution in [3.63, 3.8) is 0 Å². The molecule has 0 bridgehead atoms. The number of carbonyl (C=O) groups is 2. The molecule has 5 nitrogen and oxygen atoms in total. The molecule has 0 unspecified atom stereocenters. The van der Waals surface area contributed by atoms with E-state index in [1.54, 1.807) is 30.3 Å². The largest absolute Gasteiger partial charge is 0.506 e. The molecule has 2 rings (SSSR count). The van der Waals surface area contributed by atoms with E-state index >= 15 is 0 Å². The summed E-state index contributed by atoms with van der Waals surface area (Å²) in [6, 6.07) is 10.00. The van der Waals surface area contributed by atoms with E-state index in [4.69, 9.17) is 0 Å². The Morgan fingerprint density at radius 2 is 1.68 bits per heavy atom. The number of benzene rings is 2. The van der Waals surface area contributed by atoms with E-state index in [1.807, 2.05) is 13.8 Å². The van der Waals surface area contributed by atoms with Crippen LogP contribution >= 0.6 is 15.9 Å². The molecule has 2 aromatic carbocycles. The number of halogens is 1. The van der Waals surface area contributed by atoms with Gasteiger partial charge in [0.2, 0.25) is 0 Å². The van der Waals surface area contributed by atoms with Gasteiger partial charge in [0.15, 0.2) is 0 Å². The van der Waals surface area contributed by atoms with Crippen molar-refractivity contribution < 1.29 is 14.7 Å². The lowest BCUT2D eigenvalue weighted by Gasteiger charge is -2.09. The van der Waals surface area contributed by atoms with Gasteiger partial charge in [-0.05, 0) is 55.3 Å². The van der Waals surface area contributed by atoms with Crippen molar-refractivity contribution in [3.05, 3.63) is 52.0 Å². The highest BCUT2D eigenvalue weighted by atomic mass is 79.9. The molecule has 0 fully saturated rings. The summed E-state index contributed by atoms with van der Waals surface area (Å²) in [5.41, 5.74) is 2.51. The van der Waals surface area contributed by atoms with Crippen molar-refractivity contribution in [2.75, 3.05) is 10.6 Å². The highest BCUT2D eigenvalue weighted by Gasteiger charge is 2.16. The lowest BCUT2D eigenvalue weighted by Crippen LogP contribution is -2.29. The summed E-state index contributed by atoms with van der Waals surface area (Å²) in [6.45, 7) is 3.69. The molecule has 3 N–H and O–H groups in total. The summed E-state index contributed by atoms with van der Waals surface area (Å²) in [5, 5.41) is 14.6. The zero-order chi connectivity index (χ0) is 16.3. The number of anilines is 2. The Morgan fingerprint density at radius 1 is 1.00 bits per heavy atom. The van der Waals surface area contributed by atoms with Gasteiger partial charge in [-0.15, -0.1) is 0 Å².